The van der Waals surface area contributed by atoms with Gasteiger partial charge in [-0.15, -0.1) is 0 Å². The van der Waals surface area contributed by atoms with Crippen molar-refractivity contribution in [1.82, 2.24) is 14.8 Å². The summed E-state index contributed by atoms with van der Waals surface area (Å²) in [6.07, 6.45) is 15.1. The molecule has 2 heterocycles. The summed E-state index contributed by atoms with van der Waals surface area (Å²) in [5.74, 6) is -0.298. The van der Waals surface area contributed by atoms with Crippen molar-refractivity contribution in [2.24, 2.45) is 5.92 Å². The topological polar surface area (TPSA) is 71.4 Å². The summed E-state index contributed by atoms with van der Waals surface area (Å²) >= 11 is 0. The maximum atomic E-state index is 13.2. The molecule has 0 saturated carbocycles. The first-order chi connectivity index (χ1) is 15.0. The average molecular weight is 428 g/mol. The van der Waals surface area contributed by atoms with E-state index < -0.39 is 5.43 Å². The van der Waals surface area contributed by atoms with Gasteiger partial charge in [0.2, 0.25) is 5.43 Å². The molecule has 0 atom stereocenters. The number of rotatable bonds is 7. The van der Waals surface area contributed by atoms with Crippen LogP contribution in [0.25, 0.3) is 0 Å². The smallest absolute Gasteiger partial charge is 0.259 e. The van der Waals surface area contributed by atoms with Crippen LogP contribution in [0.1, 0.15) is 92.4 Å². The van der Waals surface area contributed by atoms with E-state index in [4.69, 9.17) is 0 Å². The third-order valence-corrected chi connectivity index (χ3v) is 6.14. The SMILES string of the molecule is CC(C)Cn1cc(C(=O)NCCC2=CCCCC2)c(=O)c(C(=O)N2CCCCCC2)c1. The van der Waals surface area contributed by atoms with E-state index in [9.17, 15) is 14.4 Å². The Bertz CT molecular complexity index is 861. The molecule has 1 N–H and O–H groups in total. The highest BCUT2D eigenvalue weighted by Crippen LogP contribution is 2.19. The molecular weight excluding hydrogens is 390 g/mol. The van der Waals surface area contributed by atoms with Gasteiger partial charge < -0.3 is 14.8 Å². The summed E-state index contributed by atoms with van der Waals surface area (Å²) in [7, 11) is 0. The summed E-state index contributed by atoms with van der Waals surface area (Å²) in [4.78, 5) is 41.0. The number of hydrogen-bond acceptors (Lipinski definition) is 3. The number of carbonyl (C=O) groups is 2. The van der Waals surface area contributed by atoms with Gasteiger partial charge in [0.25, 0.3) is 11.8 Å². The van der Waals surface area contributed by atoms with Gasteiger partial charge in [0, 0.05) is 38.6 Å². The molecule has 2 amide bonds. The van der Waals surface area contributed by atoms with Gasteiger partial charge in [0.05, 0.1) is 0 Å². The molecule has 170 valence electrons. The first-order valence-corrected chi connectivity index (χ1v) is 11.9. The van der Waals surface area contributed by atoms with E-state index in [2.05, 4.69) is 25.2 Å². The number of aromatic nitrogens is 1. The Hall–Kier alpha value is -2.37. The maximum absolute atomic E-state index is 13.2. The van der Waals surface area contributed by atoms with Gasteiger partial charge in [-0.25, -0.2) is 0 Å². The third-order valence-electron chi connectivity index (χ3n) is 6.14. The number of nitrogens with one attached hydrogen (secondary N) is 1. The monoisotopic (exact) mass is 427 g/mol. The van der Waals surface area contributed by atoms with Gasteiger partial charge in [-0.2, -0.15) is 0 Å². The third kappa shape index (κ3) is 6.55. The number of nitrogens with zero attached hydrogens (tertiary/aromatic N) is 2. The van der Waals surface area contributed by atoms with Crippen LogP contribution in [-0.2, 0) is 6.54 Å². The zero-order valence-electron chi connectivity index (χ0n) is 19.1. The number of hydrogen-bond donors (Lipinski definition) is 1. The summed E-state index contributed by atoms with van der Waals surface area (Å²) < 4.78 is 1.83. The molecule has 31 heavy (non-hydrogen) atoms. The largest absolute Gasteiger partial charge is 0.352 e. The Kier molecular flexibility index (Phi) is 8.50. The highest BCUT2D eigenvalue weighted by Gasteiger charge is 2.24. The standard InChI is InChI=1S/C25H37N3O3/c1-19(2)16-27-17-21(24(30)26-13-12-20-10-6-5-7-11-20)23(29)22(18-27)25(31)28-14-8-3-4-9-15-28/h10,17-19H,3-9,11-16H2,1-2H3,(H,26,30). The molecule has 1 saturated heterocycles. The molecule has 1 fully saturated rings. The Morgan fingerprint density at radius 3 is 2.35 bits per heavy atom. The van der Waals surface area contributed by atoms with Crippen molar-refractivity contribution in [3.8, 4) is 0 Å². The molecule has 0 unspecified atom stereocenters. The normalized spacial score (nSPS) is 17.3. The summed E-state index contributed by atoms with van der Waals surface area (Å²) in [6, 6.07) is 0. The molecule has 1 aromatic heterocycles. The minimum Gasteiger partial charge on any atom is -0.352 e. The van der Waals surface area contributed by atoms with E-state index in [1.807, 2.05) is 4.57 Å². The molecule has 0 aromatic carbocycles. The van der Waals surface area contributed by atoms with Gasteiger partial charge in [-0.3, -0.25) is 14.4 Å². The zero-order chi connectivity index (χ0) is 22.2. The van der Waals surface area contributed by atoms with Gasteiger partial charge in [0.1, 0.15) is 11.1 Å². The number of carbonyl (C=O) groups excluding carboxylic acids is 2. The van der Waals surface area contributed by atoms with E-state index in [-0.39, 0.29) is 22.9 Å². The van der Waals surface area contributed by atoms with E-state index in [1.165, 1.54) is 18.4 Å². The summed E-state index contributed by atoms with van der Waals surface area (Å²) in [6.45, 7) is 6.66. The molecule has 0 spiro atoms. The fraction of sp³-hybridized carbons (Fsp3) is 0.640. The lowest BCUT2D eigenvalue weighted by atomic mass is 9.97. The van der Waals surface area contributed by atoms with Gasteiger partial charge in [0.15, 0.2) is 0 Å². The minimum atomic E-state index is -0.455. The van der Waals surface area contributed by atoms with E-state index in [0.717, 1.165) is 44.9 Å². The van der Waals surface area contributed by atoms with Crippen LogP contribution in [0.15, 0.2) is 28.8 Å². The van der Waals surface area contributed by atoms with Crippen LogP contribution >= 0.6 is 0 Å². The molecule has 6 nitrogen and oxygen atoms in total. The number of allylic oxidation sites excluding steroid dienone is 1. The molecule has 1 aromatic rings. The summed E-state index contributed by atoms with van der Waals surface area (Å²) in [5, 5.41) is 2.91. The molecule has 0 bridgehead atoms. The van der Waals surface area contributed by atoms with Crippen LogP contribution in [-0.4, -0.2) is 40.9 Å². The van der Waals surface area contributed by atoms with Crippen molar-refractivity contribution in [3.05, 3.63) is 45.4 Å². The maximum Gasteiger partial charge on any atom is 0.259 e. The first-order valence-electron chi connectivity index (χ1n) is 11.9. The van der Waals surface area contributed by atoms with Crippen molar-refractivity contribution >= 4 is 11.8 Å². The number of amides is 2. The minimum absolute atomic E-state index is 0.0685. The second-order valence-corrected chi connectivity index (χ2v) is 9.33. The lowest BCUT2D eigenvalue weighted by Crippen LogP contribution is -2.38. The zero-order valence-corrected chi connectivity index (χ0v) is 19.1. The van der Waals surface area contributed by atoms with Crippen LogP contribution in [0.2, 0.25) is 0 Å². The van der Waals surface area contributed by atoms with Crippen molar-refractivity contribution in [1.29, 1.82) is 0 Å². The Balaban J connectivity index is 1.79. The van der Waals surface area contributed by atoms with Crippen LogP contribution < -0.4 is 10.7 Å². The fourth-order valence-corrected chi connectivity index (χ4v) is 4.48. The van der Waals surface area contributed by atoms with Crippen molar-refractivity contribution in [2.45, 2.75) is 78.2 Å². The predicted octanol–water partition coefficient (Wildman–Crippen LogP) is 4.14. The number of pyridine rings is 1. The molecule has 0 radical (unpaired) electrons. The Morgan fingerprint density at radius 2 is 1.71 bits per heavy atom. The van der Waals surface area contributed by atoms with E-state index >= 15 is 0 Å². The Morgan fingerprint density at radius 1 is 1.00 bits per heavy atom. The van der Waals surface area contributed by atoms with Gasteiger partial charge in [-0.1, -0.05) is 38.3 Å². The molecule has 1 aliphatic carbocycles. The molecule has 1 aliphatic heterocycles. The van der Waals surface area contributed by atoms with Crippen molar-refractivity contribution in [3.63, 3.8) is 0 Å². The average Bonchev–Trinajstić information content (AvgIpc) is 3.04. The van der Waals surface area contributed by atoms with E-state index in [0.29, 0.717) is 32.1 Å². The van der Waals surface area contributed by atoms with E-state index in [1.54, 1.807) is 17.3 Å². The Labute approximate surface area is 185 Å². The van der Waals surface area contributed by atoms with Crippen molar-refractivity contribution < 1.29 is 9.59 Å². The quantitative estimate of drug-likeness (QED) is 0.665. The number of likely N-dealkylation sites (tertiary alicyclic amines) is 1. The molecular formula is C25H37N3O3. The molecule has 3 rings (SSSR count). The molecule has 2 aliphatic rings. The van der Waals surface area contributed by atoms with Crippen LogP contribution in [0, 0.1) is 5.92 Å². The van der Waals surface area contributed by atoms with Crippen LogP contribution in [0.4, 0.5) is 0 Å². The van der Waals surface area contributed by atoms with Crippen LogP contribution in [0.5, 0.6) is 0 Å². The second kappa shape index (κ2) is 11.3. The van der Waals surface area contributed by atoms with Gasteiger partial charge in [-0.05, 0) is 50.9 Å². The molecule has 6 heteroatoms. The predicted molar refractivity (Wildman–Crippen MR) is 123 cm³/mol. The lowest BCUT2D eigenvalue weighted by molar-refractivity contribution is 0.0759. The van der Waals surface area contributed by atoms with Crippen LogP contribution in [0.3, 0.4) is 0 Å². The highest BCUT2D eigenvalue weighted by atomic mass is 16.2. The second-order valence-electron chi connectivity index (χ2n) is 9.33. The fourth-order valence-electron chi connectivity index (χ4n) is 4.48. The lowest BCUT2D eigenvalue weighted by Gasteiger charge is -2.21. The van der Waals surface area contributed by atoms with Crippen molar-refractivity contribution in [2.75, 3.05) is 19.6 Å². The summed E-state index contributed by atoms with van der Waals surface area (Å²) in [5.41, 5.74) is 1.11. The first kappa shape index (κ1) is 23.3. The van der Waals surface area contributed by atoms with Gasteiger partial charge >= 0.3 is 0 Å². The highest BCUT2D eigenvalue weighted by molar-refractivity contribution is 5.99.